The summed E-state index contributed by atoms with van der Waals surface area (Å²) in [7, 11) is 2.19. The second-order valence-electron chi connectivity index (χ2n) is 10.4. The van der Waals surface area contributed by atoms with E-state index in [1.807, 2.05) is 18.2 Å². The lowest BCUT2D eigenvalue weighted by Gasteiger charge is -2.31. The van der Waals surface area contributed by atoms with Gasteiger partial charge in [0.05, 0.1) is 17.1 Å². The highest BCUT2D eigenvalue weighted by Crippen LogP contribution is 2.28. The fraction of sp³-hybridized carbons (Fsp3) is 0.448. The van der Waals surface area contributed by atoms with Crippen LogP contribution >= 0.6 is 0 Å². The van der Waals surface area contributed by atoms with Crippen LogP contribution in [0.25, 0.3) is 22.0 Å². The van der Waals surface area contributed by atoms with Crippen molar-refractivity contribution in [2.24, 2.45) is 0 Å². The van der Waals surface area contributed by atoms with Crippen LogP contribution in [0.15, 0.2) is 56.5 Å². The Kier molecular flexibility index (Phi) is 7.97. The van der Waals surface area contributed by atoms with Crippen molar-refractivity contribution in [3.8, 4) is 5.75 Å². The molecule has 1 fully saturated rings. The van der Waals surface area contributed by atoms with Gasteiger partial charge in [0, 0.05) is 37.1 Å². The summed E-state index contributed by atoms with van der Waals surface area (Å²) in [6.07, 6.45) is 6.55. The van der Waals surface area contributed by atoms with Crippen molar-refractivity contribution in [3.05, 3.63) is 74.5 Å². The number of rotatable bonds is 10. The van der Waals surface area contributed by atoms with Crippen molar-refractivity contribution in [3.63, 3.8) is 0 Å². The first-order valence-corrected chi connectivity index (χ1v) is 13.5. The molecule has 5 rings (SSSR count). The van der Waals surface area contributed by atoms with Crippen molar-refractivity contribution in [2.75, 3.05) is 20.1 Å². The van der Waals surface area contributed by atoms with Crippen LogP contribution in [-0.4, -0.2) is 50.8 Å². The van der Waals surface area contributed by atoms with E-state index in [1.54, 1.807) is 16.7 Å². The molecule has 2 aromatic heterocycles. The summed E-state index contributed by atoms with van der Waals surface area (Å²) in [4.78, 5) is 29.2. The van der Waals surface area contributed by atoms with Gasteiger partial charge in [-0.3, -0.25) is 9.36 Å². The van der Waals surface area contributed by atoms with E-state index in [-0.39, 0.29) is 23.6 Å². The molecule has 1 atom stereocenters. The number of aromatic amines is 1. The second kappa shape index (κ2) is 11.6. The van der Waals surface area contributed by atoms with Gasteiger partial charge in [-0.1, -0.05) is 31.4 Å². The molecule has 0 amide bonds. The smallest absolute Gasteiger partial charge is 0.419 e. The fourth-order valence-electron chi connectivity index (χ4n) is 5.63. The van der Waals surface area contributed by atoms with Gasteiger partial charge in [0.15, 0.2) is 5.58 Å². The minimum atomic E-state index is -0.849. The SMILES string of the molecule is CN(CCCn1c(=O)oc2cc(CNC[C@H](O)c3ccc(O)c4[nH]c(=O)ccc34)ccc21)C1CCCCC1. The number of oxazole rings is 1. The summed E-state index contributed by atoms with van der Waals surface area (Å²) in [5, 5.41) is 24.7. The van der Waals surface area contributed by atoms with Crippen LogP contribution in [0.1, 0.15) is 55.8 Å². The van der Waals surface area contributed by atoms with Crippen molar-refractivity contribution in [1.82, 2.24) is 19.8 Å². The van der Waals surface area contributed by atoms with E-state index in [4.69, 9.17) is 4.42 Å². The molecule has 0 unspecified atom stereocenters. The molecule has 1 aliphatic rings. The molecule has 0 saturated heterocycles. The maximum atomic E-state index is 12.5. The first kappa shape index (κ1) is 26.2. The molecule has 0 aliphatic heterocycles. The number of phenols is 1. The predicted octanol–water partition coefficient (Wildman–Crippen LogP) is 3.62. The molecule has 2 aromatic carbocycles. The lowest BCUT2D eigenvalue weighted by Crippen LogP contribution is -2.34. The topological polar surface area (TPSA) is 124 Å². The third kappa shape index (κ3) is 5.70. The van der Waals surface area contributed by atoms with Crippen LogP contribution in [0.5, 0.6) is 5.75 Å². The molecule has 9 nitrogen and oxygen atoms in total. The van der Waals surface area contributed by atoms with Crippen LogP contribution in [-0.2, 0) is 13.1 Å². The van der Waals surface area contributed by atoms with Crippen LogP contribution in [0.4, 0.5) is 0 Å². The molecule has 4 aromatic rings. The van der Waals surface area contributed by atoms with Gasteiger partial charge in [0.25, 0.3) is 0 Å². The lowest BCUT2D eigenvalue weighted by atomic mass is 9.94. The largest absolute Gasteiger partial charge is 0.506 e. The Hall–Kier alpha value is -3.40. The summed E-state index contributed by atoms with van der Waals surface area (Å²) in [6.45, 7) is 2.32. The zero-order valence-corrected chi connectivity index (χ0v) is 21.8. The number of aromatic nitrogens is 2. The molecule has 9 heteroatoms. The summed E-state index contributed by atoms with van der Waals surface area (Å²) in [5.41, 5.74) is 2.88. The van der Waals surface area contributed by atoms with Crippen molar-refractivity contribution >= 4 is 22.0 Å². The van der Waals surface area contributed by atoms with E-state index in [0.29, 0.717) is 41.2 Å². The van der Waals surface area contributed by atoms with Crippen LogP contribution in [0.3, 0.4) is 0 Å². The number of nitrogens with zero attached hydrogens (tertiary/aromatic N) is 2. The summed E-state index contributed by atoms with van der Waals surface area (Å²) in [6, 6.07) is 12.5. The van der Waals surface area contributed by atoms with Crippen molar-refractivity contribution in [2.45, 2.75) is 63.8 Å². The molecule has 4 N–H and O–H groups in total. The van der Waals surface area contributed by atoms with E-state index in [2.05, 4.69) is 22.2 Å². The molecule has 38 heavy (non-hydrogen) atoms. The zero-order valence-electron chi connectivity index (χ0n) is 21.8. The molecule has 0 spiro atoms. The monoisotopic (exact) mass is 520 g/mol. The van der Waals surface area contributed by atoms with Gasteiger partial charge < -0.3 is 29.8 Å². The van der Waals surface area contributed by atoms with Gasteiger partial charge in [-0.15, -0.1) is 0 Å². The highest BCUT2D eigenvalue weighted by Gasteiger charge is 2.18. The summed E-state index contributed by atoms with van der Waals surface area (Å²) < 4.78 is 7.26. The Balaban J connectivity index is 1.18. The Morgan fingerprint density at radius 3 is 2.76 bits per heavy atom. The number of nitrogens with one attached hydrogen (secondary N) is 2. The van der Waals surface area contributed by atoms with Crippen molar-refractivity contribution < 1.29 is 14.6 Å². The summed E-state index contributed by atoms with van der Waals surface area (Å²) >= 11 is 0. The van der Waals surface area contributed by atoms with Gasteiger partial charge in [-0.25, -0.2) is 4.79 Å². The molecule has 202 valence electrons. The Bertz CT molecular complexity index is 1520. The van der Waals surface area contributed by atoms with E-state index < -0.39 is 6.10 Å². The highest BCUT2D eigenvalue weighted by atomic mass is 16.4. The average molecular weight is 521 g/mol. The van der Waals surface area contributed by atoms with E-state index in [9.17, 15) is 19.8 Å². The van der Waals surface area contributed by atoms with E-state index >= 15 is 0 Å². The molecule has 0 bridgehead atoms. The number of aryl methyl sites for hydroxylation is 1. The van der Waals surface area contributed by atoms with Crippen molar-refractivity contribution in [1.29, 1.82) is 0 Å². The standard InChI is InChI=1S/C29H36N4O5/c1-32(20-6-3-2-4-7-20)14-5-15-33-23-11-8-19(16-26(23)38-29(33)37)17-30-18-25(35)21-9-12-24(34)28-22(21)10-13-27(36)31-28/h8-13,16,20,25,30,34-35H,2-7,14-15,17-18H2,1H3,(H,31,36)/t25-/m0/s1. The van der Waals surface area contributed by atoms with Crippen LogP contribution in [0.2, 0.25) is 0 Å². The first-order chi connectivity index (χ1) is 18.4. The van der Waals surface area contributed by atoms with Gasteiger partial charge in [-0.05, 0) is 68.2 Å². The molecule has 0 radical (unpaired) electrons. The number of H-pyrrole nitrogens is 1. The molecule has 1 saturated carbocycles. The number of hydrogen-bond acceptors (Lipinski definition) is 7. The van der Waals surface area contributed by atoms with Gasteiger partial charge in [-0.2, -0.15) is 0 Å². The number of phenolic OH excluding ortho intramolecular Hbond substituents is 1. The number of aliphatic hydroxyl groups excluding tert-OH is 1. The first-order valence-electron chi connectivity index (χ1n) is 13.5. The van der Waals surface area contributed by atoms with Crippen LogP contribution in [0, 0.1) is 0 Å². The maximum absolute atomic E-state index is 12.5. The Morgan fingerprint density at radius 1 is 1.13 bits per heavy atom. The number of aromatic hydroxyl groups is 1. The minimum Gasteiger partial charge on any atom is -0.506 e. The average Bonchev–Trinajstić information content (AvgIpc) is 3.23. The Labute approximate surface area is 220 Å². The number of pyridine rings is 1. The summed E-state index contributed by atoms with van der Waals surface area (Å²) in [5.74, 6) is -0.377. The van der Waals surface area contributed by atoms with Gasteiger partial charge in [0.2, 0.25) is 5.56 Å². The Morgan fingerprint density at radius 2 is 1.95 bits per heavy atom. The molecule has 2 heterocycles. The number of benzene rings is 2. The predicted molar refractivity (Wildman–Crippen MR) is 147 cm³/mol. The molecular formula is C29H36N4O5. The third-order valence-electron chi connectivity index (χ3n) is 7.76. The van der Waals surface area contributed by atoms with E-state index in [0.717, 1.165) is 24.0 Å². The normalized spacial score (nSPS) is 15.6. The third-order valence-corrected chi connectivity index (χ3v) is 7.76. The lowest BCUT2D eigenvalue weighted by molar-refractivity contribution is 0.176. The maximum Gasteiger partial charge on any atom is 0.419 e. The molecule has 1 aliphatic carbocycles. The highest BCUT2D eigenvalue weighted by molar-refractivity contribution is 5.87. The zero-order chi connectivity index (χ0) is 26.6. The number of aliphatic hydroxyl groups is 1. The van der Waals surface area contributed by atoms with Gasteiger partial charge in [0.1, 0.15) is 5.75 Å². The van der Waals surface area contributed by atoms with E-state index in [1.165, 1.54) is 44.2 Å². The second-order valence-corrected chi connectivity index (χ2v) is 10.4. The van der Waals surface area contributed by atoms with Gasteiger partial charge >= 0.3 is 5.76 Å². The number of hydrogen-bond donors (Lipinski definition) is 4. The number of fused-ring (bicyclic) bond motifs is 2. The molecular weight excluding hydrogens is 484 g/mol. The fourth-order valence-corrected chi connectivity index (χ4v) is 5.63. The van der Waals surface area contributed by atoms with Crippen LogP contribution < -0.4 is 16.6 Å². The quantitative estimate of drug-likeness (QED) is 0.252. The minimum absolute atomic E-state index is 0.0421.